The van der Waals surface area contributed by atoms with E-state index in [1.54, 1.807) is 0 Å². The lowest BCUT2D eigenvalue weighted by Crippen LogP contribution is -2.03. The fourth-order valence-corrected chi connectivity index (χ4v) is 5.50. The van der Waals surface area contributed by atoms with Gasteiger partial charge >= 0.3 is 0 Å². The van der Waals surface area contributed by atoms with Gasteiger partial charge < -0.3 is 9.47 Å². The third-order valence-corrected chi connectivity index (χ3v) is 7.71. The Labute approximate surface area is 249 Å². The van der Waals surface area contributed by atoms with Crippen molar-refractivity contribution in [1.29, 1.82) is 10.5 Å². The summed E-state index contributed by atoms with van der Waals surface area (Å²) < 4.78 is 12.2. The van der Waals surface area contributed by atoms with E-state index in [1.807, 2.05) is 60.7 Å². The highest BCUT2D eigenvalue weighted by molar-refractivity contribution is 6.10. The number of ether oxygens (including phenoxy) is 2. The van der Waals surface area contributed by atoms with Crippen LogP contribution >= 0.6 is 0 Å². The highest BCUT2D eigenvalue weighted by Gasteiger charge is 2.22. The smallest absolute Gasteiger partial charge is 0.230 e. The van der Waals surface area contributed by atoms with Crippen molar-refractivity contribution in [2.24, 2.45) is 0 Å². The van der Waals surface area contributed by atoms with Crippen molar-refractivity contribution in [3.8, 4) is 34.8 Å². The Morgan fingerprint density at radius 2 is 0.860 bits per heavy atom. The molecule has 0 aromatic heterocycles. The Bertz CT molecular complexity index is 2000. The minimum atomic E-state index is 0.147. The maximum Gasteiger partial charge on any atom is 0.230 e. The highest BCUT2D eigenvalue weighted by Crippen LogP contribution is 2.47. The molecular weight excluding hydrogens is 528 g/mol. The van der Waals surface area contributed by atoms with E-state index in [1.165, 1.54) is 0 Å². The van der Waals surface area contributed by atoms with Gasteiger partial charge in [0.05, 0.1) is 23.3 Å². The van der Waals surface area contributed by atoms with Crippen LogP contribution in [0.15, 0.2) is 109 Å². The first-order valence-electron chi connectivity index (χ1n) is 13.9. The minimum absolute atomic E-state index is 0.147. The quantitative estimate of drug-likeness (QED) is 0.204. The van der Waals surface area contributed by atoms with Gasteiger partial charge in [0, 0.05) is 11.1 Å². The number of benzene rings is 6. The van der Waals surface area contributed by atoms with Crippen molar-refractivity contribution in [2.75, 3.05) is 6.79 Å². The molecule has 4 nitrogen and oxygen atoms in total. The van der Waals surface area contributed by atoms with Crippen molar-refractivity contribution in [1.82, 2.24) is 0 Å². The maximum absolute atomic E-state index is 9.05. The number of fused-ring (bicyclic) bond motifs is 7. The summed E-state index contributed by atoms with van der Waals surface area (Å²) >= 11 is 0. The molecule has 0 fully saturated rings. The van der Waals surface area contributed by atoms with E-state index >= 15 is 0 Å². The summed E-state index contributed by atoms with van der Waals surface area (Å²) in [4.78, 5) is 0. The van der Waals surface area contributed by atoms with Crippen LogP contribution in [0.25, 0.3) is 57.0 Å². The van der Waals surface area contributed by atoms with Crippen molar-refractivity contribution in [3.63, 3.8) is 0 Å². The molecule has 7 rings (SSSR count). The van der Waals surface area contributed by atoms with Crippen LogP contribution in [-0.4, -0.2) is 6.79 Å². The lowest BCUT2D eigenvalue weighted by atomic mass is 9.91. The van der Waals surface area contributed by atoms with Crippen LogP contribution in [0.1, 0.15) is 33.4 Å². The largest absolute Gasteiger partial charge is 0.457 e. The molecule has 0 saturated heterocycles. The van der Waals surface area contributed by atoms with E-state index in [9.17, 15) is 0 Å². The van der Waals surface area contributed by atoms with Crippen LogP contribution in [0.4, 0.5) is 0 Å². The summed E-state index contributed by atoms with van der Waals surface area (Å²) in [7, 11) is 0. The summed E-state index contributed by atoms with van der Waals surface area (Å²) in [6, 6.07) is 40.5. The van der Waals surface area contributed by atoms with Gasteiger partial charge in [-0.05, 0) is 92.3 Å². The number of hydrogen-bond donors (Lipinski definition) is 0. The van der Waals surface area contributed by atoms with Gasteiger partial charge in [-0.3, -0.25) is 0 Å². The van der Waals surface area contributed by atoms with E-state index in [-0.39, 0.29) is 6.79 Å². The first kappa shape index (κ1) is 25.8. The van der Waals surface area contributed by atoms with Crippen LogP contribution < -0.4 is 9.47 Å². The Morgan fingerprint density at radius 3 is 1.28 bits per heavy atom. The van der Waals surface area contributed by atoms with Gasteiger partial charge in [-0.2, -0.15) is 10.5 Å². The van der Waals surface area contributed by atoms with Gasteiger partial charge in [-0.1, -0.05) is 85.0 Å². The molecule has 0 unspecified atom stereocenters. The average molecular weight is 553 g/mol. The van der Waals surface area contributed by atoms with E-state index in [4.69, 9.17) is 20.0 Å². The molecule has 0 N–H and O–H groups in total. The second kappa shape index (κ2) is 11.1. The van der Waals surface area contributed by atoms with Crippen molar-refractivity contribution < 1.29 is 9.47 Å². The molecule has 0 amide bonds. The number of nitrogens with zero attached hydrogens (tertiary/aromatic N) is 2. The van der Waals surface area contributed by atoms with Gasteiger partial charge in [-0.15, -0.1) is 0 Å². The predicted octanol–water partition coefficient (Wildman–Crippen LogP) is 9.47. The number of hydrogen-bond acceptors (Lipinski definition) is 4. The molecule has 1 aliphatic heterocycles. The second-order valence-corrected chi connectivity index (χ2v) is 10.4. The SMILES string of the molecule is N#Cc1ccc(/C=C/c2ccc3c4c(ccc3c2)OCOc2ccc3cc(/C=C/c5ccc(C#N)cc5)ccc3c2-4)cc1. The van der Waals surface area contributed by atoms with E-state index < -0.39 is 0 Å². The monoisotopic (exact) mass is 552 g/mol. The molecule has 202 valence electrons. The van der Waals surface area contributed by atoms with Crippen LogP contribution in [0.2, 0.25) is 0 Å². The molecule has 6 aromatic carbocycles. The van der Waals surface area contributed by atoms with Crippen molar-refractivity contribution in [3.05, 3.63) is 143 Å². The molecule has 0 bridgehead atoms. The topological polar surface area (TPSA) is 66.0 Å². The molecule has 0 radical (unpaired) electrons. The van der Waals surface area contributed by atoms with Crippen molar-refractivity contribution >= 4 is 45.8 Å². The molecule has 0 spiro atoms. The zero-order valence-corrected chi connectivity index (χ0v) is 23.1. The Balaban J connectivity index is 1.27. The van der Waals surface area contributed by atoms with Gasteiger partial charge in [0.2, 0.25) is 6.79 Å². The third kappa shape index (κ3) is 5.10. The highest BCUT2D eigenvalue weighted by atomic mass is 16.7. The average Bonchev–Trinajstić information content (AvgIpc) is 3.26. The molecule has 1 heterocycles. The first-order chi connectivity index (χ1) is 21.2. The first-order valence-corrected chi connectivity index (χ1v) is 13.9. The minimum Gasteiger partial charge on any atom is -0.457 e. The maximum atomic E-state index is 9.05. The van der Waals surface area contributed by atoms with Gasteiger partial charge in [-0.25, -0.2) is 0 Å². The molecule has 0 atom stereocenters. The molecule has 4 heteroatoms. The fraction of sp³-hybridized carbons (Fsp3) is 0.0256. The Hall–Kier alpha value is -6.10. The number of nitriles is 2. The Kier molecular flexibility index (Phi) is 6.64. The molecule has 1 aliphatic rings. The van der Waals surface area contributed by atoms with Gasteiger partial charge in [0.15, 0.2) is 0 Å². The fourth-order valence-electron chi connectivity index (χ4n) is 5.50. The molecular formula is C39H24N2O2. The normalized spacial score (nSPS) is 12.2. The predicted molar refractivity (Wildman–Crippen MR) is 173 cm³/mol. The lowest BCUT2D eigenvalue weighted by Gasteiger charge is -2.14. The van der Waals surface area contributed by atoms with Crippen LogP contribution in [0.5, 0.6) is 11.5 Å². The zero-order chi connectivity index (χ0) is 29.2. The molecule has 43 heavy (non-hydrogen) atoms. The van der Waals surface area contributed by atoms with E-state index in [0.29, 0.717) is 11.1 Å². The van der Waals surface area contributed by atoms with E-state index in [0.717, 1.165) is 66.4 Å². The summed E-state index contributed by atoms with van der Waals surface area (Å²) in [5.74, 6) is 1.59. The van der Waals surface area contributed by atoms with Gasteiger partial charge in [0.1, 0.15) is 11.5 Å². The summed E-state index contributed by atoms with van der Waals surface area (Å²) in [6.45, 7) is 0.147. The molecule has 0 saturated carbocycles. The standard InChI is InChI=1S/C39H24N2O2/c40-23-30-9-3-26(4-10-30)1-7-28-13-17-34-32(21-28)15-19-36-38(34)39-35-18-14-29(8-2-27-5-11-31(24-41)12-6-27)22-33(35)16-20-37(39)43-25-42-36/h1-22H,25H2/b7-1+,8-2+. The van der Waals surface area contributed by atoms with Crippen LogP contribution in [0.3, 0.4) is 0 Å². The van der Waals surface area contributed by atoms with Gasteiger partial charge in [0.25, 0.3) is 0 Å². The summed E-state index contributed by atoms with van der Waals surface area (Å²) in [5, 5.41) is 22.5. The zero-order valence-electron chi connectivity index (χ0n) is 23.1. The third-order valence-electron chi connectivity index (χ3n) is 7.71. The van der Waals surface area contributed by atoms with Crippen LogP contribution in [-0.2, 0) is 0 Å². The summed E-state index contributed by atoms with van der Waals surface area (Å²) in [6.07, 6.45) is 8.28. The Morgan fingerprint density at radius 1 is 0.465 bits per heavy atom. The van der Waals surface area contributed by atoms with Crippen LogP contribution in [0, 0.1) is 22.7 Å². The second-order valence-electron chi connectivity index (χ2n) is 10.4. The molecule has 0 aliphatic carbocycles. The molecule has 6 aromatic rings. The lowest BCUT2D eigenvalue weighted by molar-refractivity contribution is 0.125. The number of rotatable bonds is 4. The van der Waals surface area contributed by atoms with Crippen molar-refractivity contribution in [2.45, 2.75) is 0 Å². The summed E-state index contributed by atoms with van der Waals surface area (Å²) in [5.41, 5.74) is 7.60. The van der Waals surface area contributed by atoms with E-state index in [2.05, 4.69) is 85.0 Å².